The van der Waals surface area contributed by atoms with Crippen molar-refractivity contribution in [2.45, 2.75) is 36.9 Å². The van der Waals surface area contributed by atoms with Crippen LogP contribution in [0.4, 0.5) is 0 Å². The van der Waals surface area contributed by atoms with Gasteiger partial charge in [-0.15, -0.1) is 0 Å². The Morgan fingerprint density at radius 3 is 2.38 bits per heavy atom. The third-order valence-corrected chi connectivity index (χ3v) is 6.45. The number of ether oxygens (including phenoxy) is 2. The van der Waals surface area contributed by atoms with Gasteiger partial charge in [-0.1, -0.05) is 42.5 Å². The molecule has 2 heterocycles. The summed E-state index contributed by atoms with van der Waals surface area (Å²) in [5.74, 6) is 0.0880. The van der Waals surface area contributed by atoms with E-state index < -0.39 is 23.1 Å². The number of nitrogens with zero attached hydrogens (tertiary/aromatic N) is 2. The molecular formula is C28H30N4O5. The number of Topliss-reactive ketones (excluding diaryl/α,β-unsaturated/α-hetero) is 1. The van der Waals surface area contributed by atoms with E-state index in [1.54, 1.807) is 26.2 Å². The summed E-state index contributed by atoms with van der Waals surface area (Å²) in [7, 11) is 1.57. The number of hydrogen-bond donors (Lipinski definition) is 2. The summed E-state index contributed by atoms with van der Waals surface area (Å²) in [6.07, 6.45) is 5.40. The van der Waals surface area contributed by atoms with Gasteiger partial charge in [0.15, 0.2) is 5.78 Å². The fourth-order valence-corrected chi connectivity index (χ4v) is 4.12. The quantitative estimate of drug-likeness (QED) is 0.269. The number of aromatic nitrogens is 2. The number of methoxy groups -OCH3 is 1. The molecule has 192 valence electrons. The Kier molecular flexibility index (Phi) is 8.05. The summed E-state index contributed by atoms with van der Waals surface area (Å²) in [5, 5.41) is 6.14. The van der Waals surface area contributed by atoms with Crippen molar-refractivity contribution in [1.82, 2.24) is 20.6 Å². The van der Waals surface area contributed by atoms with Crippen molar-refractivity contribution in [2.24, 2.45) is 0 Å². The lowest BCUT2D eigenvalue weighted by molar-refractivity contribution is -0.126. The molecule has 1 saturated heterocycles. The molecule has 3 aromatic rings. The van der Waals surface area contributed by atoms with E-state index in [1.807, 2.05) is 42.5 Å². The van der Waals surface area contributed by atoms with Crippen LogP contribution in [0.5, 0.6) is 5.75 Å². The maximum Gasteiger partial charge on any atom is 0.255 e. The molecule has 2 aromatic carbocycles. The lowest BCUT2D eigenvalue weighted by Crippen LogP contribution is -2.60. The molecule has 37 heavy (non-hydrogen) atoms. The number of carbonyl (C=O) groups is 3. The van der Waals surface area contributed by atoms with E-state index in [-0.39, 0.29) is 24.3 Å². The van der Waals surface area contributed by atoms with Crippen LogP contribution in [0.15, 0.2) is 73.3 Å². The highest BCUT2D eigenvalue weighted by molar-refractivity contribution is 5.96. The fourth-order valence-electron chi connectivity index (χ4n) is 4.12. The summed E-state index contributed by atoms with van der Waals surface area (Å²) in [5.41, 5.74) is -0.212. The van der Waals surface area contributed by atoms with Gasteiger partial charge in [0.25, 0.3) is 5.91 Å². The van der Waals surface area contributed by atoms with Crippen LogP contribution in [-0.4, -0.2) is 65.4 Å². The van der Waals surface area contributed by atoms with Crippen LogP contribution in [-0.2, 0) is 27.2 Å². The highest BCUT2D eigenvalue weighted by Crippen LogP contribution is 2.29. The number of hydrogen-bond acceptors (Lipinski definition) is 8. The minimum Gasteiger partial charge on any atom is -0.497 e. The molecule has 1 aromatic heterocycles. The monoisotopic (exact) mass is 502 g/mol. The van der Waals surface area contributed by atoms with Crippen molar-refractivity contribution in [1.29, 1.82) is 0 Å². The highest BCUT2D eigenvalue weighted by atomic mass is 16.6. The van der Waals surface area contributed by atoms with Crippen LogP contribution in [0.25, 0.3) is 0 Å². The molecule has 0 spiro atoms. The first kappa shape index (κ1) is 26.1. The minimum absolute atomic E-state index is 0.0152. The zero-order chi connectivity index (χ0) is 26.3. The zero-order valence-electron chi connectivity index (χ0n) is 20.8. The molecule has 0 bridgehead atoms. The molecule has 2 N–H and O–H groups in total. The largest absolute Gasteiger partial charge is 0.497 e. The van der Waals surface area contributed by atoms with Gasteiger partial charge in [-0.2, -0.15) is 0 Å². The van der Waals surface area contributed by atoms with Gasteiger partial charge in [0, 0.05) is 25.4 Å². The number of nitrogens with one attached hydrogen (secondary N) is 2. The molecular weight excluding hydrogens is 472 g/mol. The third kappa shape index (κ3) is 6.63. The van der Waals surface area contributed by atoms with Crippen LogP contribution >= 0.6 is 0 Å². The Morgan fingerprint density at radius 2 is 1.78 bits per heavy atom. The van der Waals surface area contributed by atoms with Gasteiger partial charge in [0.1, 0.15) is 29.5 Å². The average Bonchev–Trinajstić information content (AvgIpc) is 3.70. The minimum atomic E-state index is -1.36. The number of rotatable bonds is 13. The van der Waals surface area contributed by atoms with E-state index >= 15 is 0 Å². The Balaban J connectivity index is 1.60. The van der Waals surface area contributed by atoms with Crippen molar-refractivity contribution >= 4 is 18.0 Å². The summed E-state index contributed by atoms with van der Waals surface area (Å²) >= 11 is 0. The van der Waals surface area contributed by atoms with Crippen molar-refractivity contribution < 1.29 is 23.9 Å². The lowest BCUT2D eigenvalue weighted by Gasteiger charge is -2.32. The van der Waals surface area contributed by atoms with Crippen molar-refractivity contribution in [3.63, 3.8) is 0 Å². The van der Waals surface area contributed by atoms with Crippen molar-refractivity contribution in [3.05, 3.63) is 90.0 Å². The van der Waals surface area contributed by atoms with Gasteiger partial charge < -0.3 is 24.9 Å². The fraction of sp³-hybridized carbons (Fsp3) is 0.321. The topological polar surface area (TPSA) is 123 Å². The van der Waals surface area contributed by atoms with Crippen LogP contribution < -0.4 is 15.4 Å². The van der Waals surface area contributed by atoms with Gasteiger partial charge in [0.05, 0.1) is 25.3 Å². The van der Waals surface area contributed by atoms with E-state index in [1.165, 1.54) is 18.7 Å². The molecule has 1 aliphatic heterocycles. The second kappa shape index (κ2) is 11.4. The highest BCUT2D eigenvalue weighted by Gasteiger charge is 2.50. The van der Waals surface area contributed by atoms with E-state index in [4.69, 9.17) is 9.47 Å². The Morgan fingerprint density at radius 1 is 1.11 bits per heavy atom. The van der Waals surface area contributed by atoms with Crippen LogP contribution in [0.2, 0.25) is 0 Å². The van der Waals surface area contributed by atoms with Crippen LogP contribution in [0, 0.1) is 0 Å². The SMILES string of the molecule is COc1ccc(C[C@](C=O)(CN[C@@H](Cc2ccccc2)C(=O)[C@@]2(C)CO2)NC(=O)c2cncnc2)cc1. The molecule has 9 heteroatoms. The summed E-state index contributed by atoms with van der Waals surface area (Å²) < 4.78 is 10.7. The summed E-state index contributed by atoms with van der Waals surface area (Å²) in [6.45, 7) is 2.13. The maximum atomic E-state index is 13.3. The third-order valence-electron chi connectivity index (χ3n) is 6.45. The normalized spacial score (nSPS) is 18.8. The second-order valence-electron chi connectivity index (χ2n) is 9.39. The summed E-state index contributed by atoms with van der Waals surface area (Å²) in [4.78, 5) is 46.8. The van der Waals surface area contributed by atoms with Gasteiger partial charge in [-0.3, -0.25) is 9.59 Å². The second-order valence-corrected chi connectivity index (χ2v) is 9.39. The van der Waals surface area contributed by atoms with E-state index in [0.29, 0.717) is 25.1 Å². The average molecular weight is 503 g/mol. The van der Waals surface area contributed by atoms with Crippen LogP contribution in [0.3, 0.4) is 0 Å². The first-order valence-corrected chi connectivity index (χ1v) is 12.0. The smallest absolute Gasteiger partial charge is 0.255 e. The molecule has 0 aliphatic carbocycles. The number of benzene rings is 2. The molecule has 0 unspecified atom stereocenters. The van der Waals surface area contributed by atoms with Gasteiger partial charge in [-0.25, -0.2) is 9.97 Å². The summed E-state index contributed by atoms with van der Waals surface area (Å²) in [6, 6.07) is 16.2. The Labute approximate surface area is 215 Å². The van der Waals surface area contributed by atoms with Crippen molar-refractivity contribution in [3.8, 4) is 5.75 Å². The predicted molar refractivity (Wildman–Crippen MR) is 136 cm³/mol. The number of aldehydes is 1. The molecule has 1 amide bonds. The van der Waals surface area contributed by atoms with Gasteiger partial charge in [-0.05, 0) is 36.6 Å². The van der Waals surface area contributed by atoms with E-state index in [0.717, 1.165) is 11.1 Å². The van der Waals surface area contributed by atoms with Crippen molar-refractivity contribution in [2.75, 3.05) is 20.3 Å². The number of carbonyl (C=O) groups excluding carboxylic acids is 3. The molecule has 9 nitrogen and oxygen atoms in total. The molecule has 3 atom stereocenters. The molecule has 4 rings (SSSR count). The number of ketones is 1. The van der Waals surface area contributed by atoms with Crippen LogP contribution in [0.1, 0.15) is 28.4 Å². The number of epoxide rings is 1. The first-order valence-electron chi connectivity index (χ1n) is 12.0. The maximum absolute atomic E-state index is 13.3. The molecule has 0 radical (unpaired) electrons. The first-order chi connectivity index (χ1) is 17.9. The number of amides is 1. The molecule has 1 aliphatic rings. The van der Waals surface area contributed by atoms with Gasteiger partial charge in [0.2, 0.25) is 0 Å². The van der Waals surface area contributed by atoms with E-state index in [9.17, 15) is 14.4 Å². The van der Waals surface area contributed by atoms with Gasteiger partial charge >= 0.3 is 0 Å². The Hall–Kier alpha value is -3.95. The predicted octanol–water partition coefficient (Wildman–Crippen LogP) is 1.95. The Bertz CT molecular complexity index is 1220. The lowest BCUT2D eigenvalue weighted by atomic mass is 9.89. The standard InChI is InChI=1S/C28H30N4O5/c1-27(18-37-27)25(34)24(12-20-6-4-3-5-7-20)31-16-28(17-33,13-21-8-10-23(36-2)11-9-21)32-26(35)22-14-29-19-30-15-22/h3-11,14-15,17,19,24,31H,12-13,16,18H2,1-2H3,(H,32,35)/t24-,27+,28+/m0/s1. The zero-order valence-corrected chi connectivity index (χ0v) is 20.8. The molecule has 1 fully saturated rings. The molecule has 0 saturated carbocycles. The van der Waals surface area contributed by atoms with E-state index in [2.05, 4.69) is 20.6 Å².